The highest BCUT2D eigenvalue weighted by atomic mass is 16.5. The highest BCUT2D eigenvalue weighted by Gasteiger charge is 2.60. The van der Waals surface area contributed by atoms with E-state index in [4.69, 9.17) is 4.74 Å². The van der Waals surface area contributed by atoms with Crippen molar-refractivity contribution in [3.8, 4) is 0 Å². The van der Waals surface area contributed by atoms with Crippen LogP contribution in [0, 0.1) is 28.6 Å². The predicted molar refractivity (Wildman–Crippen MR) is 111 cm³/mol. The first kappa shape index (κ1) is 20.7. The van der Waals surface area contributed by atoms with E-state index in [2.05, 4.69) is 31.3 Å². The zero-order valence-corrected chi connectivity index (χ0v) is 17.9. The summed E-state index contributed by atoms with van der Waals surface area (Å²) in [7, 11) is 0. The molecule has 0 radical (unpaired) electrons. The van der Waals surface area contributed by atoms with Crippen LogP contribution in [-0.4, -0.2) is 35.9 Å². The number of fused-ring (bicyclic) bond motifs is 5. The number of ether oxygens (including phenoxy) is 1. The molecule has 0 aromatic carbocycles. The van der Waals surface area contributed by atoms with Gasteiger partial charge in [0.25, 0.3) is 0 Å². The summed E-state index contributed by atoms with van der Waals surface area (Å²) >= 11 is 0. The summed E-state index contributed by atoms with van der Waals surface area (Å²) in [5.41, 5.74) is 2.92. The molecule has 0 unspecified atom stereocenters. The van der Waals surface area contributed by atoms with Gasteiger partial charge < -0.3 is 20.3 Å². The number of aliphatic hydroxyl groups excluding tert-OH is 2. The maximum Gasteiger partial charge on any atom is 0.211 e. The van der Waals surface area contributed by atoms with Gasteiger partial charge in [-0.2, -0.15) is 0 Å². The van der Waals surface area contributed by atoms with Crippen LogP contribution in [0.15, 0.2) is 34.8 Å². The fourth-order valence-electron chi connectivity index (χ4n) is 7.34. The average molecular weight is 402 g/mol. The van der Waals surface area contributed by atoms with Crippen LogP contribution in [0.2, 0.25) is 0 Å². The summed E-state index contributed by atoms with van der Waals surface area (Å²) in [6, 6.07) is 0. The molecule has 160 valence electrons. The van der Waals surface area contributed by atoms with Crippen LogP contribution in [0.1, 0.15) is 59.3 Å². The molecule has 3 N–H and O–H groups in total. The lowest BCUT2D eigenvalue weighted by Gasteiger charge is -2.58. The van der Waals surface area contributed by atoms with Gasteiger partial charge in [0.2, 0.25) is 6.41 Å². The first-order chi connectivity index (χ1) is 13.9. The largest absolute Gasteiger partial charge is 0.498 e. The molecule has 6 atom stereocenters. The van der Waals surface area contributed by atoms with Crippen LogP contribution in [0.3, 0.4) is 0 Å². The standard InChI is InChI=1S/C24H35NO4/c1-4-29-16-9-10-23(2)15(11-16)5-6-17-18-7-8-19(20(13-26)25-14-27)24(18,3)12-21(28)22(17)23/h5,11,14,17-18,21-22,26,28H,4,6-10,12-13H2,1-3H3,(H,25,27)/b20-19+/t17-,18-,21-,22+,23-,24-/m0/s1. The normalized spacial score (nSPS) is 42.7. The SMILES string of the molecule is CCOC1=CC2=CC[C@@H]3[C@H]([C@@H](O)C[C@]4(C)/C(=C(\CO)NC=O)CC[C@@H]34)[C@@]2(C)CC1. The Labute approximate surface area is 173 Å². The highest BCUT2D eigenvalue weighted by Crippen LogP contribution is 2.66. The number of hydrogen-bond donors (Lipinski definition) is 3. The second kappa shape index (κ2) is 7.59. The fourth-order valence-corrected chi connectivity index (χ4v) is 7.34. The van der Waals surface area contributed by atoms with E-state index in [1.54, 1.807) is 0 Å². The number of allylic oxidation sites excluding steroid dienone is 5. The topological polar surface area (TPSA) is 78.8 Å². The summed E-state index contributed by atoms with van der Waals surface area (Å²) in [6.07, 6.45) is 10.4. The Morgan fingerprint density at radius 2 is 2.14 bits per heavy atom. The third-order valence-electron chi connectivity index (χ3n) is 8.54. The third kappa shape index (κ3) is 3.09. The fraction of sp³-hybridized carbons (Fsp3) is 0.708. The second-order valence-corrected chi connectivity index (χ2v) is 9.76. The van der Waals surface area contributed by atoms with E-state index < -0.39 is 0 Å². The summed E-state index contributed by atoms with van der Waals surface area (Å²) in [4.78, 5) is 11.0. The van der Waals surface area contributed by atoms with Crippen molar-refractivity contribution < 1.29 is 19.7 Å². The van der Waals surface area contributed by atoms with Crippen molar-refractivity contribution in [2.45, 2.75) is 65.4 Å². The molecule has 0 heterocycles. The lowest BCUT2D eigenvalue weighted by molar-refractivity contribution is -0.109. The van der Waals surface area contributed by atoms with Gasteiger partial charge in [-0.15, -0.1) is 0 Å². The van der Waals surface area contributed by atoms with Crippen LogP contribution < -0.4 is 5.32 Å². The molecule has 2 fully saturated rings. The van der Waals surface area contributed by atoms with Gasteiger partial charge in [-0.25, -0.2) is 0 Å². The lowest BCUT2D eigenvalue weighted by atomic mass is 9.47. The van der Waals surface area contributed by atoms with E-state index in [1.807, 2.05) is 6.92 Å². The number of carbonyl (C=O) groups is 1. The molecule has 0 aromatic rings. The van der Waals surface area contributed by atoms with E-state index in [0.717, 1.165) is 43.4 Å². The molecule has 0 aromatic heterocycles. The van der Waals surface area contributed by atoms with Gasteiger partial charge in [0.15, 0.2) is 0 Å². The van der Waals surface area contributed by atoms with E-state index in [-0.39, 0.29) is 29.5 Å². The minimum absolute atomic E-state index is 0.0163. The van der Waals surface area contributed by atoms with Crippen molar-refractivity contribution in [2.24, 2.45) is 28.6 Å². The molecule has 0 bridgehead atoms. The first-order valence-corrected chi connectivity index (χ1v) is 11.1. The van der Waals surface area contributed by atoms with Crippen LogP contribution in [0.5, 0.6) is 0 Å². The average Bonchev–Trinajstić information content (AvgIpc) is 3.02. The Morgan fingerprint density at radius 1 is 1.34 bits per heavy atom. The van der Waals surface area contributed by atoms with E-state index in [0.29, 0.717) is 37.0 Å². The van der Waals surface area contributed by atoms with Crippen molar-refractivity contribution >= 4 is 6.41 Å². The molecule has 4 rings (SSSR count). The zero-order chi connectivity index (χ0) is 20.8. The van der Waals surface area contributed by atoms with Crippen LogP contribution >= 0.6 is 0 Å². The monoisotopic (exact) mass is 401 g/mol. The van der Waals surface area contributed by atoms with Gasteiger partial charge in [0.1, 0.15) is 0 Å². The van der Waals surface area contributed by atoms with Crippen molar-refractivity contribution in [2.75, 3.05) is 13.2 Å². The number of amides is 1. The van der Waals surface area contributed by atoms with Gasteiger partial charge in [-0.3, -0.25) is 4.79 Å². The predicted octanol–water partition coefficient (Wildman–Crippen LogP) is 3.44. The molecule has 4 aliphatic rings. The van der Waals surface area contributed by atoms with E-state index in [9.17, 15) is 15.0 Å². The molecule has 29 heavy (non-hydrogen) atoms. The maximum absolute atomic E-state index is 11.4. The molecular formula is C24H35NO4. The lowest BCUT2D eigenvalue weighted by Crippen LogP contribution is -2.55. The Morgan fingerprint density at radius 3 is 2.83 bits per heavy atom. The minimum Gasteiger partial charge on any atom is -0.498 e. The van der Waals surface area contributed by atoms with Gasteiger partial charge in [0, 0.05) is 12.1 Å². The highest BCUT2D eigenvalue weighted by molar-refractivity contribution is 5.51. The molecule has 0 saturated heterocycles. The van der Waals surface area contributed by atoms with Crippen molar-refractivity contribution in [3.05, 3.63) is 34.8 Å². The summed E-state index contributed by atoms with van der Waals surface area (Å²) in [5.74, 6) is 2.21. The third-order valence-corrected chi connectivity index (χ3v) is 8.54. The van der Waals surface area contributed by atoms with E-state index in [1.165, 1.54) is 5.57 Å². The van der Waals surface area contributed by atoms with E-state index >= 15 is 0 Å². The Balaban J connectivity index is 1.71. The molecule has 2 saturated carbocycles. The van der Waals surface area contributed by atoms with Crippen molar-refractivity contribution in [1.29, 1.82) is 0 Å². The van der Waals surface area contributed by atoms with Crippen LogP contribution in [0.25, 0.3) is 0 Å². The minimum atomic E-state index is -0.388. The van der Waals surface area contributed by atoms with Gasteiger partial charge in [-0.05, 0) is 84.8 Å². The first-order valence-electron chi connectivity index (χ1n) is 11.1. The number of rotatable bonds is 5. The van der Waals surface area contributed by atoms with Crippen molar-refractivity contribution in [1.82, 2.24) is 5.32 Å². The number of hydrogen-bond acceptors (Lipinski definition) is 4. The molecule has 0 aliphatic heterocycles. The molecule has 5 nitrogen and oxygen atoms in total. The van der Waals surface area contributed by atoms with Gasteiger partial charge in [0.05, 0.1) is 25.1 Å². The summed E-state index contributed by atoms with van der Waals surface area (Å²) < 4.78 is 5.79. The van der Waals surface area contributed by atoms with Gasteiger partial charge >= 0.3 is 0 Å². The summed E-state index contributed by atoms with van der Waals surface area (Å²) in [5, 5.41) is 24.0. The van der Waals surface area contributed by atoms with Crippen LogP contribution in [-0.2, 0) is 9.53 Å². The van der Waals surface area contributed by atoms with Gasteiger partial charge in [-0.1, -0.05) is 19.9 Å². The molecule has 4 aliphatic carbocycles. The maximum atomic E-state index is 11.4. The molecular weight excluding hydrogens is 366 g/mol. The molecule has 5 heteroatoms. The quantitative estimate of drug-likeness (QED) is 0.617. The Bertz CT molecular complexity index is 769. The zero-order valence-electron chi connectivity index (χ0n) is 17.9. The number of carbonyl (C=O) groups excluding carboxylic acids is 1. The number of aliphatic hydroxyl groups is 2. The molecule has 0 spiro atoms. The molecule has 1 amide bonds. The Kier molecular flexibility index (Phi) is 5.41. The smallest absolute Gasteiger partial charge is 0.211 e. The summed E-state index contributed by atoms with van der Waals surface area (Å²) in [6.45, 7) is 7.13. The Hall–Kier alpha value is -1.59. The second-order valence-electron chi connectivity index (χ2n) is 9.76. The number of nitrogens with one attached hydrogen (secondary N) is 1. The van der Waals surface area contributed by atoms with Crippen LogP contribution in [0.4, 0.5) is 0 Å². The van der Waals surface area contributed by atoms with Crippen molar-refractivity contribution in [3.63, 3.8) is 0 Å².